The van der Waals surface area contributed by atoms with Gasteiger partial charge in [-0.1, -0.05) is 11.6 Å². The summed E-state index contributed by atoms with van der Waals surface area (Å²) in [6.07, 6.45) is 0. The average molecular weight is 244 g/mol. The van der Waals surface area contributed by atoms with E-state index < -0.39 is 0 Å². The van der Waals surface area contributed by atoms with Gasteiger partial charge in [0.1, 0.15) is 11.0 Å². The van der Waals surface area contributed by atoms with E-state index in [1.54, 1.807) is 14.2 Å². The first-order valence-corrected chi connectivity index (χ1v) is 5.10. The highest BCUT2D eigenvalue weighted by Gasteiger charge is 2.12. The van der Waals surface area contributed by atoms with Gasteiger partial charge in [0, 0.05) is 26.3 Å². The van der Waals surface area contributed by atoms with Gasteiger partial charge in [0.2, 0.25) is 0 Å². The summed E-state index contributed by atoms with van der Waals surface area (Å²) in [7, 11) is 3.27. The standard InChI is InChI=1S/C10H14ClN3O2/c1-14(3-4-16-2)10(15)7-5-8(11)13-9(12)6-7/h5-6H,3-4H2,1-2H3,(H2,12,13). The van der Waals surface area contributed by atoms with E-state index in [1.165, 1.54) is 17.0 Å². The van der Waals surface area contributed by atoms with E-state index in [9.17, 15) is 4.79 Å². The van der Waals surface area contributed by atoms with Crippen LogP contribution in [0.3, 0.4) is 0 Å². The van der Waals surface area contributed by atoms with Crippen molar-refractivity contribution < 1.29 is 9.53 Å². The SMILES string of the molecule is COCCN(C)C(=O)c1cc(N)nc(Cl)c1. The second kappa shape index (κ2) is 5.67. The van der Waals surface area contributed by atoms with Gasteiger partial charge in [-0.2, -0.15) is 0 Å². The fourth-order valence-corrected chi connectivity index (χ4v) is 1.41. The number of methoxy groups -OCH3 is 1. The molecule has 0 unspecified atom stereocenters. The molecule has 0 spiro atoms. The summed E-state index contributed by atoms with van der Waals surface area (Å²) < 4.78 is 4.89. The second-order valence-electron chi connectivity index (χ2n) is 3.32. The number of halogens is 1. The third kappa shape index (κ3) is 3.36. The van der Waals surface area contributed by atoms with Gasteiger partial charge in [-0.05, 0) is 12.1 Å². The number of nitrogens with zero attached hydrogens (tertiary/aromatic N) is 2. The number of pyridine rings is 1. The van der Waals surface area contributed by atoms with Gasteiger partial charge < -0.3 is 15.4 Å². The Kier molecular flexibility index (Phi) is 4.52. The topological polar surface area (TPSA) is 68.5 Å². The van der Waals surface area contributed by atoms with Crippen molar-refractivity contribution in [1.29, 1.82) is 0 Å². The molecule has 0 aliphatic heterocycles. The van der Waals surface area contributed by atoms with Crippen molar-refractivity contribution in [3.8, 4) is 0 Å². The highest BCUT2D eigenvalue weighted by atomic mass is 35.5. The van der Waals surface area contributed by atoms with Gasteiger partial charge in [0.15, 0.2) is 0 Å². The Morgan fingerprint density at radius 1 is 1.62 bits per heavy atom. The number of anilines is 1. The van der Waals surface area contributed by atoms with E-state index in [0.29, 0.717) is 18.7 Å². The molecule has 1 aromatic rings. The number of hydrogen-bond donors (Lipinski definition) is 1. The molecule has 0 saturated heterocycles. The van der Waals surface area contributed by atoms with Gasteiger partial charge in [-0.25, -0.2) is 4.98 Å². The zero-order valence-electron chi connectivity index (χ0n) is 9.24. The molecule has 0 fully saturated rings. The van der Waals surface area contributed by atoms with E-state index in [2.05, 4.69) is 4.98 Å². The number of carbonyl (C=O) groups is 1. The van der Waals surface area contributed by atoms with Crippen molar-refractivity contribution >= 4 is 23.3 Å². The molecule has 1 heterocycles. The van der Waals surface area contributed by atoms with E-state index in [4.69, 9.17) is 22.1 Å². The van der Waals surface area contributed by atoms with Crippen molar-refractivity contribution in [2.45, 2.75) is 0 Å². The summed E-state index contributed by atoms with van der Waals surface area (Å²) in [6.45, 7) is 0.992. The van der Waals surface area contributed by atoms with Crippen LogP contribution in [0.1, 0.15) is 10.4 Å². The molecular formula is C10H14ClN3O2. The summed E-state index contributed by atoms with van der Waals surface area (Å²) in [5.41, 5.74) is 5.93. The number of rotatable bonds is 4. The maximum atomic E-state index is 11.9. The fourth-order valence-electron chi connectivity index (χ4n) is 1.19. The molecule has 0 aromatic carbocycles. The predicted octanol–water partition coefficient (Wildman–Crippen LogP) is 1.04. The van der Waals surface area contributed by atoms with Crippen LogP contribution in [0.2, 0.25) is 5.15 Å². The van der Waals surface area contributed by atoms with Crippen LogP contribution < -0.4 is 5.73 Å². The lowest BCUT2D eigenvalue weighted by molar-refractivity contribution is 0.0744. The van der Waals surface area contributed by atoms with Crippen LogP contribution in [0.25, 0.3) is 0 Å². The summed E-state index contributed by atoms with van der Waals surface area (Å²) in [5, 5.41) is 0.212. The van der Waals surface area contributed by atoms with E-state index >= 15 is 0 Å². The summed E-state index contributed by atoms with van der Waals surface area (Å²) in [5.74, 6) is 0.0732. The molecule has 88 valence electrons. The first kappa shape index (κ1) is 12.7. The Labute approximate surface area is 99.2 Å². The van der Waals surface area contributed by atoms with Crippen molar-refractivity contribution in [2.75, 3.05) is 33.0 Å². The maximum Gasteiger partial charge on any atom is 0.253 e. The molecule has 0 aliphatic carbocycles. The zero-order chi connectivity index (χ0) is 12.1. The highest BCUT2D eigenvalue weighted by Crippen LogP contribution is 2.13. The number of carbonyl (C=O) groups excluding carboxylic acids is 1. The van der Waals surface area contributed by atoms with Crippen molar-refractivity contribution in [1.82, 2.24) is 9.88 Å². The average Bonchev–Trinajstić information content (AvgIpc) is 2.23. The van der Waals surface area contributed by atoms with Gasteiger partial charge in [-0.3, -0.25) is 4.79 Å². The van der Waals surface area contributed by atoms with Gasteiger partial charge in [0.25, 0.3) is 5.91 Å². The minimum absolute atomic E-state index is 0.159. The predicted molar refractivity (Wildman–Crippen MR) is 62.5 cm³/mol. The third-order valence-electron chi connectivity index (χ3n) is 2.04. The molecule has 0 aliphatic rings. The van der Waals surface area contributed by atoms with Crippen LogP contribution in [0.15, 0.2) is 12.1 Å². The van der Waals surface area contributed by atoms with Crippen LogP contribution in [0.4, 0.5) is 5.82 Å². The molecule has 1 amide bonds. The molecule has 0 atom stereocenters. The minimum atomic E-state index is -0.159. The van der Waals surface area contributed by atoms with Crippen LogP contribution in [0, 0.1) is 0 Å². The van der Waals surface area contributed by atoms with Crippen molar-refractivity contribution in [3.05, 3.63) is 22.8 Å². The highest BCUT2D eigenvalue weighted by molar-refractivity contribution is 6.29. The number of aromatic nitrogens is 1. The quantitative estimate of drug-likeness (QED) is 0.803. The van der Waals surface area contributed by atoms with E-state index in [1.807, 2.05) is 0 Å². The monoisotopic (exact) mass is 243 g/mol. The third-order valence-corrected chi connectivity index (χ3v) is 2.23. The second-order valence-corrected chi connectivity index (χ2v) is 3.71. The molecule has 2 N–H and O–H groups in total. The lowest BCUT2D eigenvalue weighted by atomic mass is 10.2. The molecule has 0 radical (unpaired) electrons. The smallest absolute Gasteiger partial charge is 0.253 e. The Morgan fingerprint density at radius 2 is 2.31 bits per heavy atom. The number of amides is 1. The number of nitrogen functional groups attached to an aromatic ring is 1. The zero-order valence-corrected chi connectivity index (χ0v) is 9.99. The largest absolute Gasteiger partial charge is 0.384 e. The first-order valence-electron chi connectivity index (χ1n) is 4.72. The number of hydrogen-bond acceptors (Lipinski definition) is 4. The Bertz CT molecular complexity index is 364. The molecular weight excluding hydrogens is 230 g/mol. The Morgan fingerprint density at radius 3 is 2.88 bits per heavy atom. The summed E-state index contributed by atoms with van der Waals surface area (Å²) in [4.78, 5) is 17.2. The number of nitrogens with two attached hydrogens (primary N) is 1. The van der Waals surface area contributed by atoms with Crippen LogP contribution in [-0.4, -0.2) is 43.1 Å². The van der Waals surface area contributed by atoms with Crippen LogP contribution >= 0.6 is 11.6 Å². The molecule has 6 heteroatoms. The lowest BCUT2D eigenvalue weighted by Gasteiger charge is -2.16. The minimum Gasteiger partial charge on any atom is -0.384 e. The van der Waals surface area contributed by atoms with Crippen molar-refractivity contribution in [3.63, 3.8) is 0 Å². The summed E-state index contributed by atoms with van der Waals surface area (Å²) in [6, 6.07) is 2.99. The fraction of sp³-hybridized carbons (Fsp3) is 0.400. The lowest BCUT2D eigenvalue weighted by Crippen LogP contribution is -2.30. The van der Waals surface area contributed by atoms with Crippen molar-refractivity contribution in [2.24, 2.45) is 0 Å². The molecule has 1 rings (SSSR count). The number of ether oxygens (including phenoxy) is 1. The van der Waals surface area contributed by atoms with Gasteiger partial charge in [-0.15, -0.1) is 0 Å². The molecule has 1 aromatic heterocycles. The van der Waals surface area contributed by atoms with E-state index in [-0.39, 0.29) is 16.9 Å². The summed E-state index contributed by atoms with van der Waals surface area (Å²) >= 11 is 5.72. The number of likely N-dealkylation sites (N-methyl/N-ethyl adjacent to an activating group) is 1. The molecule has 5 nitrogen and oxygen atoms in total. The first-order chi connectivity index (χ1) is 7.54. The van der Waals surface area contributed by atoms with Crippen LogP contribution in [0.5, 0.6) is 0 Å². The molecule has 16 heavy (non-hydrogen) atoms. The normalized spacial score (nSPS) is 10.2. The van der Waals surface area contributed by atoms with Gasteiger partial charge in [0.05, 0.1) is 6.61 Å². The Hall–Kier alpha value is -1.33. The Balaban J connectivity index is 2.79. The van der Waals surface area contributed by atoms with E-state index in [0.717, 1.165) is 0 Å². The molecule has 0 saturated carbocycles. The van der Waals surface area contributed by atoms with Gasteiger partial charge >= 0.3 is 0 Å². The molecule has 0 bridgehead atoms. The maximum absolute atomic E-state index is 11.9. The van der Waals surface area contributed by atoms with Crippen LogP contribution in [-0.2, 0) is 4.74 Å².